The number of nitrogens with zero attached hydrogens (tertiary/aromatic N) is 7. The lowest BCUT2D eigenvalue weighted by Gasteiger charge is -1.99. The minimum absolute atomic E-state index is 0.133. The van der Waals surface area contributed by atoms with Crippen molar-refractivity contribution in [2.45, 2.75) is 13.1 Å². The highest BCUT2D eigenvalue weighted by atomic mass is 16.6. The number of amides is 1. The predicted octanol–water partition coefficient (Wildman–Crippen LogP) is 0.696. The van der Waals surface area contributed by atoms with Crippen LogP contribution in [0, 0.1) is 20.2 Å². The molecule has 15 heteroatoms. The Bertz CT molecular complexity index is 1110. The molecule has 0 aliphatic heterocycles. The van der Waals surface area contributed by atoms with E-state index in [1.807, 2.05) is 0 Å². The van der Waals surface area contributed by atoms with Gasteiger partial charge in [0.1, 0.15) is 36.7 Å². The van der Waals surface area contributed by atoms with Gasteiger partial charge in [-0.3, -0.25) is 34.4 Å². The number of nitrogens with one attached hydrogen (secondary N) is 1. The summed E-state index contributed by atoms with van der Waals surface area (Å²) in [6, 6.07) is 3.22. The van der Waals surface area contributed by atoms with Crippen molar-refractivity contribution < 1.29 is 23.8 Å². The summed E-state index contributed by atoms with van der Waals surface area (Å²) < 4.78 is 12.7. The summed E-state index contributed by atoms with van der Waals surface area (Å²) in [5.41, 5.74) is 1.74. The first-order valence-corrected chi connectivity index (χ1v) is 8.19. The largest absolute Gasteiger partial charge is 0.475 e. The van der Waals surface area contributed by atoms with Gasteiger partial charge in [0, 0.05) is 0 Å². The van der Waals surface area contributed by atoms with Crippen LogP contribution in [0.4, 0.5) is 11.4 Å². The molecule has 0 atom stereocenters. The number of hydrogen-bond acceptors (Lipinski definition) is 10. The van der Waals surface area contributed by atoms with Gasteiger partial charge in [0.15, 0.2) is 0 Å². The fourth-order valence-electron chi connectivity index (χ4n) is 2.34. The highest BCUT2D eigenvalue weighted by Crippen LogP contribution is 2.23. The smallest absolute Gasteiger partial charge is 0.350 e. The summed E-state index contributed by atoms with van der Waals surface area (Å²) >= 11 is 0. The van der Waals surface area contributed by atoms with Crippen molar-refractivity contribution in [3.05, 3.63) is 62.5 Å². The number of hydrazone groups is 1. The Labute approximate surface area is 166 Å². The summed E-state index contributed by atoms with van der Waals surface area (Å²) in [6.07, 6.45) is 4.72. The van der Waals surface area contributed by atoms with Crippen molar-refractivity contribution in [3.63, 3.8) is 0 Å². The molecular formula is C15H14N8O7. The molecule has 15 nitrogen and oxygen atoms in total. The van der Waals surface area contributed by atoms with Crippen LogP contribution in [-0.2, 0) is 17.9 Å². The second-order valence-electron chi connectivity index (χ2n) is 5.73. The van der Waals surface area contributed by atoms with Crippen molar-refractivity contribution >= 4 is 23.5 Å². The third-order valence-electron chi connectivity index (χ3n) is 3.62. The highest BCUT2D eigenvalue weighted by molar-refractivity contribution is 5.80. The second kappa shape index (κ2) is 8.63. The van der Waals surface area contributed by atoms with Crippen LogP contribution in [0.5, 0.6) is 5.88 Å². The van der Waals surface area contributed by atoms with E-state index in [0.29, 0.717) is 11.5 Å². The lowest BCUT2D eigenvalue weighted by Crippen LogP contribution is -2.23. The summed E-state index contributed by atoms with van der Waals surface area (Å²) in [5.74, 6) is 0.00364. The van der Waals surface area contributed by atoms with Crippen LogP contribution in [0.1, 0.15) is 11.5 Å². The number of carbonyl (C=O) groups is 1. The molecule has 0 saturated carbocycles. The number of rotatable bonds is 9. The van der Waals surface area contributed by atoms with Crippen LogP contribution in [0.25, 0.3) is 0 Å². The number of furan rings is 1. The fourth-order valence-corrected chi connectivity index (χ4v) is 2.34. The Morgan fingerprint density at radius 1 is 1.30 bits per heavy atom. The molecule has 30 heavy (non-hydrogen) atoms. The van der Waals surface area contributed by atoms with Gasteiger partial charge >= 0.3 is 17.3 Å². The Kier molecular flexibility index (Phi) is 5.81. The van der Waals surface area contributed by atoms with Crippen molar-refractivity contribution in [3.8, 4) is 5.88 Å². The third kappa shape index (κ3) is 4.83. The zero-order valence-corrected chi connectivity index (χ0v) is 15.4. The summed E-state index contributed by atoms with van der Waals surface area (Å²) in [4.78, 5) is 32.2. The Morgan fingerprint density at radius 2 is 2.10 bits per heavy atom. The zero-order valence-electron chi connectivity index (χ0n) is 15.4. The molecule has 156 valence electrons. The van der Waals surface area contributed by atoms with Crippen LogP contribution in [0.15, 0.2) is 40.2 Å². The summed E-state index contributed by atoms with van der Waals surface area (Å²) in [7, 11) is 1.23. The standard InChI is InChI=1S/C15H14N8O7/c1-29-15-13(23(27)28)8-21(19-15)9-14(24)18-16-5-11-2-3-12(30-11)7-20-6-10(4-17-20)22(25)26/h2-6,8H,7,9H2,1H3,(H,18,24). The first-order chi connectivity index (χ1) is 14.4. The third-order valence-corrected chi connectivity index (χ3v) is 3.62. The molecule has 0 fully saturated rings. The summed E-state index contributed by atoms with van der Waals surface area (Å²) in [5, 5.41) is 32.9. The topological polar surface area (TPSA) is 186 Å². The molecule has 1 N–H and O–H groups in total. The number of methoxy groups -OCH3 is 1. The maximum absolute atomic E-state index is 11.9. The quantitative estimate of drug-likeness (QED) is 0.296. The number of ether oxygens (including phenoxy) is 1. The van der Waals surface area contributed by atoms with Crippen LogP contribution >= 0.6 is 0 Å². The van der Waals surface area contributed by atoms with Gasteiger partial charge in [-0.2, -0.15) is 10.2 Å². The maximum Gasteiger partial charge on any atom is 0.350 e. The molecular weight excluding hydrogens is 404 g/mol. The van der Waals surface area contributed by atoms with E-state index in [0.717, 1.165) is 17.1 Å². The van der Waals surface area contributed by atoms with Gasteiger partial charge in [-0.1, -0.05) is 0 Å². The van der Waals surface area contributed by atoms with Gasteiger partial charge < -0.3 is 9.15 Å². The molecule has 0 radical (unpaired) electrons. The molecule has 0 aliphatic carbocycles. The monoisotopic (exact) mass is 418 g/mol. The minimum Gasteiger partial charge on any atom is -0.475 e. The van der Waals surface area contributed by atoms with Crippen molar-refractivity contribution in [2.75, 3.05) is 7.11 Å². The van der Waals surface area contributed by atoms with Gasteiger partial charge in [0.25, 0.3) is 5.91 Å². The molecule has 0 aromatic carbocycles. The van der Waals surface area contributed by atoms with E-state index in [1.54, 1.807) is 12.1 Å². The first kappa shape index (κ1) is 20.2. The zero-order chi connectivity index (χ0) is 21.7. The average Bonchev–Trinajstić information content (AvgIpc) is 3.42. The number of aromatic nitrogens is 4. The van der Waals surface area contributed by atoms with Crippen molar-refractivity contribution in [1.29, 1.82) is 0 Å². The molecule has 0 saturated heterocycles. The van der Waals surface area contributed by atoms with Gasteiger partial charge in [0.2, 0.25) is 0 Å². The summed E-state index contributed by atoms with van der Waals surface area (Å²) in [6.45, 7) is -0.142. The van der Waals surface area contributed by atoms with E-state index in [9.17, 15) is 25.0 Å². The lowest BCUT2D eigenvalue weighted by molar-refractivity contribution is -0.385. The highest BCUT2D eigenvalue weighted by Gasteiger charge is 2.21. The Hall–Kier alpha value is -4.56. The van der Waals surface area contributed by atoms with Crippen LogP contribution < -0.4 is 10.2 Å². The van der Waals surface area contributed by atoms with E-state index in [1.165, 1.54) is 24.2 Å². The van der Waals surface area contributed by atoms with Crippen molar-refractivity contribution in [1.82, 2.24) is 25.0 Å². The van der Waals surface area contributed by atoms with Crippen LogP contribution in [0.2, 0.25) is 0 Å². The van der Waals surface area contributed by atoms with Gasteiger partial charge in [0.05, 0.1) is 29.7 Å². The number of carbonyl (C=O) groups excluding carboxylic acids is 1. The van der Waals surface area contributed by atoms with Gasteiger partial charge in [-0.15, -0.1) is 5.10 Å². The van der Waals surface area contributed by atoms with E-state index in [2.05, 4.69) is 20.7 Å². The Morgan fingerprint density at radius 3 is 2.73 bits per heavy atom. The van der Waals surface area contributed by atoms with E-state index in [-0.39, 0.29) is 30.3 Å². The molecule has 0 aliphatic rings. The van der Waals surface area contributed by atoms with Crippen molar-refractivity contribution in [2.24, 2.45) is 5.10 Å². The fraction of sp³-hybridized carbons (Fsp3) is 0.200. The average molecular weight is 418 g/mol. The minimum atomic E-state index is -0.672. The van der Waals surface area contributed by atoms with E-state index >= 15 is 0 Å². The maximum atomic E-state index is 11.9. The molecule has 3 aromatic heterocycles. The molecule has 3 rings (SSSR count). The predicted molar refractivity (Wildman–Crippen MR) is 97.9 cm³/mol. The number of nitro groups is 2. The molecule has 0 unspecified atom stereocenters. The normalized spacial score (nSPS) is 11.0. The van der Waals surface area contributed by atoms with Gasteiger partial charge in [-0.05, 0) is 12.1 Å². The lowest BCUT2D eigenvalue weighted by atomic mass is 10.4. The van der Waals surface area contributed by atoms with Gasteiger partial charge in [-0.25, -0.2) is 5.43 Å². The molecule has 3 heterocycles. The number of hydrogen-bond donors (Lipinski definition) is 1. The second-order valence-corrected chi connectivity index (χ2v) is 5.73. The van der Waals surface area contributed by atoms with Crippen LogP contribution in [0.3, 0.4) is 0 Å². The SMILES string of the molecule is COc1nn(CC(=O)NN=Cc2ccc(Cn3cc([N+](=O)[O-])cn3)o2)cc1[N+](=O)[O-]. The van der Waals surface area contributed by atoms with Crippen LogP contribution in [-0.4, -0.2) is 48.6 Å². The Balaban J connectivity index is 1.53. The molecule has 0 spiro atoms. The molecule has 3 aromatic rings. The molecule has 0 bridgehead atoms. The first-order valence-electron chi connectivity index (χ1n) is 8.19. The van der Waals surface area contributed by atoms with E-state index in [4.69, 9.17) is 9.15 Å². The van der Waals surface area contributed by atoms with E-state index < -0.39 is 15.8 Å². The molecule has 1 amide bonds.